The Bertz CT molecular complexity index is 1440. The second-order valence-corrected chi connectivity index (χ2v) is 7.78. The van der Waals surface area contributed by atoms with Crippen molar-refractivity contribution in [2.75, 3.05) is 9.80 Å². The number of carbonyl (C=O) groups excluding carboxylic acids is 4. The monoisotopic (exact) mass is 462 g/mol. The van der Waals surface area contributed by atoms with E-state index in [1.807, 2.05) is 0 Å². The van der Waals surface area contributed by atoms with Gasteiger partial charge in [-0.15, -0.1) is 0 Å². The Morgan fingerprint density at radius 2 is 0.943 bits per heavy atom. The molecule has 2 aliphatic rings. The summed E-state index contributed by atoms with van der Waals surface area (Å²) in [6.45, 7) is 0. The first kappa shape index (κ1) is 20.4. The molecule has 0 aliphatic carbocycles. The lowest BCUT2D eigenvalue weighted by atomic mass is 10.1. The number of benzene rings is 2. The number of rotatable bonds is 4. The highest BCUT2D eigenvalue weighted by molar-refractivity contribution is 6.35. The lowest BCUT2D eigenvalue weighted by molar-refractivity contribution is 0.0909. The predicted octanol–water partition coefficient (Wildman–Crippen LogP) is 3.87. The van der Waals surface area contributed by atoms with Crippen molar-refractivity contribution in [1.82, 2.24) is 9.97 Å². The van der Waals surface area contributed by atoms with E-state index in [-0.39, 0.29) is 33.9 Å². The zero-order valence-corrected chi connectivity index (χ0v) is 17.9. The molecular formula is C26H14N4O5. The van der Waals surface area contributed by atoms with Crippen LogP contribution in [0.25, 0.3) is 0 Å². The Hall–Kier alpha value is -5.18. The quantitative estimate of drug-likeness (QED) is 0.424. The number of imide groups is 2. The molecule has 0 bridgehead atoms. The van der Waals surface area contributed by atoms with Crippen molar-refractivity contribution < 1.29 is 23.9 Å². The first-order valence-corrected chi connectivity index (χ1v) is 10.6. The maximum absolute atomic E-state index is 12.9. The second kappa shape index (κ2) is 7.70. The van der Waals surface area contributed by atoms with Crippen LogP contribution in [-0.2, 0) is 0 Å². The van der Waals surface area contributed by atoms with Crippen molar-refractivity contribution in [3.05, 3.63) is 107 Å². The van der Waals surface area contributed by atoms with Crippen molar-refractivity contribution in [1.29, 1.82) is 0 Å². The minimum absolute atomic E-state index is 0.187. The molecule has 2 aliphatic heterocycles. The third-order valence-electron chi connectivity index (χ3n) is 5.71. The maximum Gasteiger partial charge on any atom is 0.267 e. The Balaban J connectivity index is 1.29. The molecule has 0 saturated carbocycles. The van der Waals surface area contributed by atoms with Crippen molar-refractivity contribution in [2.24, 2.45) is 0 Å². The molecule has 35 heavy (non-hydrogen) atoms. The van der Waals surface area contributed by atoms with Gasteiger partial charge < -0.3 is 4.74 Å². The van der Waals surface area contributed by atoms with E-state index in [1.54, 1.807) is 48.5 Å². The molecule has 4 amide bonds. The van der Waals surface area contributed by atoms with Crippen LogP contribution in [0.2, 0.25) is 0 Å². The molecule has 0 spiro atoms. The Morgan fingerprint density at radius 1 is 0.514 bits per heavy atom. The van der Waals surface area contributed by atoms with Crippen molar-refractivity contribution in [3.8, 4) is 11.5 Å². The van der Waals surface area contributed by atoms with Crippen molar-refractivity contribution in [2.45, 2.75) is 0 Å². The molecule has 0 N–H and O–H groups in total. The lowest BCUT2D eigenvalue weighted by Crippen LogP contribution is -2.30. The summed E-state index contributed by atoms with van der Waals surface area (Å²) >= 11 is 0. The van der Waals surface area contributed by atoms with E-state index < -0.39 is 23.6 Å². The maximum atomic E-state index is 12.9. The van der Waals surface area contributed by atoms with E-state index in [0.29, 0.717) is 11.5 Å². The van der Waals surface area contributed by atoms with Crippen LogP contribution < -0.4 is 14.5 Å². The summed E-state index contributed by atoms with van der Waals surface area (Å²) in [6, 6.07) is 19.0. The number of fused-ring (bicyclic) bond motifs is 2. The zero-order chi connectivity index (χ0) is 24.1. The van der Waals surface area contributed by atoms with E-state index in [2.05, 4.69) is 9.97 Å². The molecule has 4 heterocycles. The average Bonchev–Trinajstić information content (AvgIpc) is 3.28. The average molecular weight is 462 g/mol. The Labute approximate surface area is 198 Å². The summed E-state index contributed by atoms with van der Waals surface area (Å²) < 4.78 is 5.88. The zero-order valence-electron chi connectivity index (χ0n) is 17.9. The highest BCUT2D eigenvalue weighted by Gasteiger charge is 2.39. The number of aromatic nitrogens is 2. The summed E-state index contributed by atoms with van der Waals surface area (Å²) in [5, 5.41) is 0. The van der Waals surface area contributed by atoms with Gasteiger partial charge in [-0.25, -0.2) is 19.8 Å². The Morgan fingerprint density at radius 3 is 1.34 bits per heavy atom. The van der Waals surface area contributed by atoms with Gasteiger partial charge in [0.1, 0.15) is 23.1 Å². The highest BCUT2D eigenvalue weighted by Crippen LogP contribution is 2.34. The van der Waals surface area contributed by atoms with Gasteiger partial charge in [0.2, 0.25) is 0 Å². The van der Waals surface area contributed by atoms with Gasteiger partial charge in [-0.1, -0.05) is 12.1 Å². The molecule has 0 fully saturated rings. The summed E-state index contributed by atoms with van der Waals surface area (Å²) in [4.78, 5) is 61.6. The second-order valence-electron chi connectivity index (χ2n) is 7.78. The van der Waals surface area contributed by atoms with Gasteiger partial charge in [0.05, 0.1) is 22.3 Å². The third-order valence-corrected chi connectivity index (χ3v) is 5.71. The number of carbonyl (C=O) groups is 4. The minimum atomic E-state index is -0.505. The lowest BCUT2D eigenvalue weighted by Gasteiger charge is -2.11. The molecule has 0 radical (unpaired) electrons. The molecule has 2 aromatic heterocycles. The fraction of sp³-hybridized carbons (Fsp3) is 0. The van der Waals surface area contributed by atoms with Gasteiger partial charge in [0.15, 0.2) is 0 Å². The fourth-order valence-electron chi connectivity index (χ4n) is 4.09. The molecule has 2 aromatic carbocycles. The molecule has 0 saturated heterocycles. The number of anilines is 2. The van der Waals surface area contributed by atoms with E-state index in [0.717, 1.165) is 9.80 Å². The number of nitrogens with zero attached hydrogens (tertiary/aromatic N) is 4. The van der Waals surface area contributed by atoms with E-state index >= 15 is 0 Å². The first-order valence-electron chi connectivity index (χ1n) is 10.6. The van der Waals surface area contributed by atoms with Crippen LogP contribution in [0.1, 0.15) is 41.4 Å². The summed E-state index contributed by atoms with van der Waals surface area (Å²) in [5.74, 6) is -0.874. The third kappa shape index (κ3) is 3.17. The van der Waals surface area contributed by atoms with Crippen molar-refractivity contribution >= 4 is 35.3 Å². The molecule has 4 aromatic rings. The van der Waals surface area contributed by atoms with Crippen LogP contribution in [0.3, 0.4) is 0 Å². The van der Waals surface area contributed by atoms with Crippen LogP contribution in [0.4, 0.5) is 11.6 Å². The standard InChI is InChI=1S/C26H14N4O5/c31-23-17-9-7-15(13-19(17)25(33)29(23)21-5-1-3-11-27-21)35-16-8-10-18-20(14-16)26(34)30(24(18)32)22-6-2-4-12-28-22/h1-14H. The van der Waals surface area contributed by atoms with Crippen LogP contribution in [0, 0.1) is 0 Å². The fourth-order valence-corrected chi connectivity index (χ4v) is 4.09. The van der Waals surface area contributed by atoms with Crippen molar-refractivity contribution in [3.63, 3.8) is 0 Å². The molecule has 168 valence electrons. The molecule has 0 unspecified atom stereocenters. The SMILES string of the molecule is O=C1c2ccc(Oc3ccc4c(c3)C(=O)N(c3ccccn3)C4=O)cc2C(=O)N1c1ccccn1. The molecule has 9 nitrogen and oxygen atoms in total. The predicted molar refractivity (Wildman–Crippen MR) is 124 cm³/mol. The topological polar surface area (TPSA) is 110 Å². The van der Waals surface area contributed by atoms with Crippen LogP contribution in [0.15, 0.2) is 85.2 Å². The van der Waals surface area contributed by atoms with Crippen LogP contribution in [0.5, 0.6) is 11.5 Å². The van der Waals surface area contributed by atoms with Gasteiger partial charge in [-0.3, -0.25) is 19.2 Å². The number of pyridine rings is 2. The number of hydrogen-bond donors (Lipinski definition) is 0. The molecule has 6 rings (SSSR count). The summed E-state index contributed by atoms with van der Waals surface area (Å²) in [6.07, 6.45) is 3.00. The normalized spacial score (nSPS) is 14.4. The molecular weight excluding hydrogens is 448 g/mol. The van der Waals surface area contributed by atoms with Gasteiger partial charge in [-0.05, 0) is 60.7 Å². The van der Waals surface area contributed by atoms with Gasteiger partial charge in [-0.2, -0.15) is 0 Å². The highest BCUT2D eigenvalue weighted by atomic mass is 16.5. The summed E-state index contributed by atoms with van der Waals surface area (Å²) in [7, 11) is 0. The van der Waals surface area contributed by atoms with E-state index in [1.165, 1.54) is 36.7 Å². The van der Waals surface area contributed by atoms with E-state index in [4.69, 9.17) is 4.74 Å². The largest absolute Gasteiger partial charge is 0.457 e. The van der Waals surface area contributed by atoms with Crippen LogP contribution >= 0.6 is 0 Å². The first-order chi connectivity index (χ1) is 17.0. The number of ether oxygens (including phenoxy) is 1. The van der Waals surface area contributed by atoms with Crippen LogP contribution in [-0.4, -0.2) is 33.6 Å². The smallest absolute Gasteiger partial charge is 0.267 e. The number of amides is 4. The van der Waals surface area contributed by atoms with Gasteiger partial charge in [0, 0.05) is 12.4 Å². The minimum Gasteiger partial charge on any atom is -0.457 e. The Kier molecular flexibility index (Phi) is 4.49. The summed E-state index contributed by atoms with van der Waals surface area (Å²) in [5.41, 5.74) is 0.862. The van der Waals surface area contributed by atoms with E-state index in [9.17, 15) is 19.2 Å². The van der Waals surface area contributed by atoms with Gasteiger partial charge in [0.25, 0.3) is 23.6 Å². The van der Waals surface area contributed by atoms with Gasteiger partial charge >= 0.3 is 0 Å². The molecule has 9 heteroatoms. The number of hydrogen-bond acceptors (Lipinski definition) is 7. The molecule has 0 atom stereocenters.